The molecule has 1 aromatic rings. The summed E-state index contributed by atoms with van der Waals surface area (Å²) in [6.07, 6.45) is 0. The van der Waals surface area contributed by atoms with Crippen LogP contribution in [0.2, 0.25) is 5.02 Å². The molecule has 1 atom stereocenters. The van der Waals surface area contributed by atoms with E-state index in [1.165, 1.54) is 7.11 Å². The van der Waals surface area contributed by atoms with E-state index in [0.29, 0.717) is 0 Å². The average Bonchev–Trinajstić information content (AvgIpc) is 2.07. The summed E-state index contributed by atoms with van der Waals surface area (Å²) in [4.78, 5) is 7.69. The first-order valence-electron chi connectivity index (χ1n) is 3.14. The van der Waals surface area contributed by atoms with E-state index in [1.54, 1.807) is 0 Å². The first-order chi connectivity index (χ1) is 5.66. The Morgan fingerprint density at radius 3 is 2.00 bits per heavy atom. The van der Waals surface area contributed by atoms with Crippen molar-refractivity contribution in [1.82, 2.24) is 0 Å². The third kappa shape index (κ3) is 7.76. The van der Waals surface area contributed by atoms with Gasteiger partial charge in [0, 0.05) is 12.1 Å². The quantitative estimate of drug-likeness (QED) is 0.721. The third-order valence-electron chi connectivity index (χ3n) is 0.908. The Bertz CT molecular complexity index is 227. The van der Waals surface area contributed by atoms with Crippen LogP contribution in [0.4, 0.5) is 0 Å². The van der Waals surface area contributed by atoms with Gasteiger partial charge in [0.15, 0.2) is 0 Å². The number of hydrogen-bond donors (Lipinski definition) is 1. The largest absolute Gasteiger partial charge is 0.326 e. The van der Waals surface area contributed by atoms with Crippen molar-refractivity contribution in [3.05, 3.63) is 35.4 Å². The lowest BCUT2D eigenvalue weighted by Crippen LogP contribution is -1.57. The first-order valence-corrected chi connectivity index (χ1v) is 4.78. The van der Waals surface area contributed by atoms with Gasteiger partial charge in [-0.3, -0.25) is 4.57 Å². The summed E-state index contributed by atoms with van der Waals surface area (Å²) in [6.45, 7) is 0. The molecule has 3 nitrogen and oxygen atoms in total. The summed E-state index contributed by atoms with van der Waals surface area (Å²) in [7, 11) is -1.44. The van der Waals surface area contributed by atoms with Crippen LogP contribution in [0.15, 0.2) is 30.3 Å². The number of halogens is 1. The van der Waals surface area contributed by atoms with Crippen molar-refractivity contribution in [3.8, 4) is 0 Å². The zero-order chi connectivity index (χ0) is 9.40. The van der Waals surface area contributed by atoms with Gasteiger partial charge in [-0.1, -0.05) is 29.8 Å². The molecule has 0 amide bonds. The van der Waals surface area contributed by atoms with Crippen LogP contribution in [-0.4, -0.2) is 12.0 Å². The van der Waals surface area contributed by atoms with Crippen LogP contribution in [0, 0.1) is 0 Å². The van der Waals surface area contributed by atoms with E-state index in [-0.39, 0.29) is 0 Å². The van der Waals surface area contributed by atoms with Crippen molar-refractivity contribution in [2.45, 2.75) is 0 Å². The molecule has 0 radical (unpaired) electrons. The maximum atomic E-state index is 9.33. The Hall–Kier alpha value is -0.340. The SMILES string of the molecule is CO[PH](=O)O.Clc1ccccc1. The van der Waals surface area contributed by atoms with Crippen LogP contribution < -0.4 is 0 Å². The second-order valence-electron chi connectivity index (χ2n) is 1.77. The van der Waals surface area contributed by atoms with Gasteiger partial charge in [0.1, 0.15) is 0 Å². The van der Waals surface area contributed by atoms with Gasteiger partial charge in [0.2, 0.25) is 0 Å². The zero-order valence-electron chi connectivity index (χ0n) is 6.53. The van der Waals surface area contributed by atoms with Crippen LogP contribution >= 0.6 is 19.9 Å². The molecule has 0 spiro atoms. The molecular formula is C7H10ClO3P. The van der Waals surface area contributed by atoms with Crippen LogP contribution in [0.5, 0.6) is 0 Å². The monoisotopic (exact) mass is 208 g/mol. The average molecular weight is 209 g/mol. The Balaban J connectivity index is 0.000000217. The molecule has 0 saturated carbocycles. The summed E-state index contributed by atoms with van der Waals surface area (Å²) in [5.41, 5.74) is 0. The minimum atomic E-state index is -2.62. The minimum Gasteiger partial charge on any atom is -0.326 e. The summed E-state index contributed by atoms with van der Waals surface area (Å²) < 4.78 is 13.2. The van der Waals surface area contributed by atoms with E-state index >= 15 is 0 Å². The molecule has 12 heavy (non-hydrogen) atoms. The van der Waals surface area contributed by atoms with Crippen molar-refractivity contribution in [3.63, 3.8) is 0 Å². The fourth-order valence-corrected chi connectivity index (χ4v) is 0.560. The van der Waals surface area contributed by atoms with E-state index in [0.717, 1.165) is 5.02 Å². The second-order valence-corrected chi connectivity index (χ2v) is 3.14. The number of rotatable bonds is 1. The third-order valence-corrected chi connectivity index (χ3v) is 1.51. The predicted octanol–water partition coefficient (Wildman–Crippen LogP) is 2.35. The van der Waals surface area contributed by atoms with E-state index in [9.17, 15) is 4.57 Å². The zero-order valence-corrected chi connectivity index (χ0v) is 8.28. The minimum absolute atomic E-state index is 0.794. The molecule has 5 heteroatoms. The molecule has 1 N–H and O–H groups in total. The van der Waals surface area contributed by atoms with Crippen molar-refractivity contribution in [1.29, 1.82) is 0 Å². The van der Waals surface area contributed by atoms with Gasteiger partial charge in [-0.25, -0.2) is 0 Å². The molecule has 0 aliphatic carbocycles. The van der Waals surface area contributed by atoms with Gasteiger partial charge in [-0.15, -0.1) is 0 Å². The van der Waals surface area contributed by atoms with Gasteiger partial charge >= 0.3 is 8.25 Å². The lowest BCUT2D eigenvalue weighted by molar-refractivity contribution is 0.343. The van der Waals surface area contributed by atoms with Gasteiger partial charge in [-0.05, 0) is 12.1 Å². The molecule has 0 bridgehead atoms. The molecule has 1 rings (SSSR count). The van der Waals surface area contributed by atoms with Crippen molar-refractivity contribution in [2.75, 3.05) is 7.11 Å². The Morgan fingerprint density at radius 2 is 1.83 bits per heavy atom. The van der Waals surface area contributed by atoms with Crippen molar-refractivity contribution in [2.24, 2.45) is 0 Å². The summed E-state index contributed by atoms with van der Waals surface area (Å²) >= 11 is 5.54. The van der Waals surface area contributed by atoms with Crippen LogP contribution in [-0.2, 0) is 9.09 Å². The van der Waals surface area contributed by atoms with E-state index in [4.69, 9.17) is 16.5 Å². The highest BCUT2D eigenvalue weighted by Crippen LogP contribution is 2.09. The molecule has 0 aromatic heterocycles. The molecule has 0 aliphatic rings. The summed E-state index contributed by atoms with van der Waals surface area (Å²) in [5.74, 6) is 0. The normalized spacial score (nSPS) is 11.2. The van der Waals surface area contributed by atoms with E-state index < -0.39 is 8.25 Å². The van der Waals surface area contributed by atoms with Gasteiger partial charge in [-0.2, -0.15) is 0 Å². The van der Waals surface area contributed by atoms with Crippen LogP contribution in [0.25, 0.3) is 0 Å². The molecule has 1 aromatic carbocycles. The van der Waals surface area contributed by atoms with E-state index in [2.05, 4.69) is 4.52 Å². The molecule has 0 aliphatic heterocycles. The topological polar surface area (TPSA) is 46.5 Å². The standard InChI is InChI=1S/C6H5Cl.CH5O3P/c7-6-4-2-1-3-5-6;1-4-5(2)3/h1-5H;5H,1H3,(H,2,3). The lowest BCUT2D eigenvalue weighted by atomic mass is 10.4. The predicted molar refractivity (Wildman–Crippen MR) is 49.7 cm³/mol. The Labute approximate surface area is 76.9 Å². The lowest BCUT2D eigenvalue weighted by Gasteiger charge is -1.80. The van der Waals surface area contributed by atoms with Gasteiger partial charge in [0.05, 0.1) is 0 Å². The molecule has 68 valence electrons. The highest BCUT2D eigenvalue weighted by Gasteiger charge is 1.75. The highest BCUT2D eigenvalue weighted by molar-refractivity contribution is 7.32. The first kappa shape index (κ1) is 11.7. The van der Waals surface area contributed by atoms with Crippen molar-refractivity contribution < 1.29 is 14.0 Å². The summed E-state index contributed by atoms with van der Waals surface area (Å²) in [6, 6.07) is 9.44. The van der Waals surface area contributed by atoms with Gasteiger partial charge < -0.3 is 9.42 Å². The molecule has 0 heterocycles. The van der Waals surface area contributed by atoms with Crippen LogP contribution in [0.3, 0.4) is 0 Å². The second kappa shape index (κ2) is 7.32. The smallest absolute Gasteiger partial charge is 0.316 e. The highest BCUT2D eigenvalue weighted by atomic mass is 35.5. The van der Waals surface area contributed by atoms with Gasteiger partial charge in [0.25, 0.3) is 0 Å². The molecule has 0 fully saturated rings. The summed E-state index contributed by atoms with van der Waals surface area (Å²) in [5, 5.41) is 0.794. The Kier molecular flexibility index (Phi) is 7.11. The van der Waals surface area contributed by atoms with Crippen LogP contribution in [0.1, 0.15) is 0 Å². The molecule has 0 saturated heterocycles. The number of hydrogen-bond acceptors (Lipinski definition) is 2. The van der Waals surface area contributed by atoms with E-state index in [1.807, 2.05) is 30.3 Å². The number of benzene rings is 1. The molecule has 1 unspecified atom stereocenters. The maximum absolute atomic E-state index is 9.33. The Morgan fingerprint density at radius 1 is 1.42 bits per heavy atom. The van der Waals surface area contributed by atoms with Crippen molar-refractivity contribution >= 4 is 19.9 Å². The fraction of sp³-hybridized carbons (Fsp3) is 0.143. The fourth-order valence-electron chi connectivity index (χ4n) is 0.415. The molecular weight excluding hydrogens is 199 g/mol. The maximum Gasteiger partial charge on any atom is 0.316 e.